The van der Waals surface area contributed by atoms with Crippen LogP contribution in [-0.2, 0) is 12.8 Å². The Morgan fingerprint density at radius 3 is 2.86 bits per heavy atom. The lowest BCUT2D eigenvalue weighted by Crippen LogP contribution is -2.15. The van der Waals surface area contributed by atoms with Crippen molar-refractivity contribution >= 4 is 0 Å². The Balaban J connectivity index is 2.39. The molecule has 0 saturated heterocycles. The number of nitrogens with zero attached hydrogens (tertiary/aromatic N) is 4. The molecule has 0 radical (unpaired) electrons. The second-order valence-electron chi connectivity index (χ2n) is 3.32. The lowest BCUT2D eigenvalue weighted by molar-refractivity contribution is 0.366. The third kappa shape index (κ3) is 3.54. The van der Waals surface area contributed by atoms with Gasteiger partial charge in [0.05, 0.1) is 6.07 Å². The van der Waals surface area contributed by atoms with E-state index >= 15 is 0 Å². The molecule has 0 fully saturated rings. The van der Waals surface area contributed by atoms with Crippen molar-refractivity contribution in [2.75, 3.05) is 20.6 Å². The van der Waals surface area contributed by atoms with Gasteiger partial charge >= 0.3 is 0 Å². The molecule has 0 aliphatic rings. The lowest BCUT2D eigenvalue weighted by atomic mass is 10.3. The molecular weight excluding hydrogens is 180 g/mol. The second kappa shape index (κ2) is 5.35. The highest BCUT2D eigenvalue weighted by Gasteiger charge is 2.05. The molecule has 1 rings (SSSR count). The molecule has 0 N–H and O–H groups in total. The summed E-state index contributed by atoms with van der Waals surface area (Å²) in [6.45, 7) is 0.900. The molecule has 0 bridgehead atoms. The van der Waals surface area contributed by atoms with Crippen LogP contribution in [-0.4, -0.2) is 35.7 Å². The summed E-state index contributed by atoms with van der Waals surface area (Å²) in [6.07, 6.45) is 1.75. The van der Waals surface area contributed by atoms with E-state index in [0.29, 0.717) is 24.6 Å². The highest BCUT2D eigenvalue weighted by atomic mass is 16.5. The van der Waals surface area contributed by atoms with Crippen LogP contribution in [0.3, 0.4) is 0 Å². The number of nitriles is 1. The number of aryl methyl sites for hydroxylation is 1. The zero-order valence-electron chi connectivity index (χ0n) is 8.53. The van der Waals surface area contributed by atoms with Gasteiger partial charge in [0, 0.05) is 25.8 Å². The van der Waals surface area contributed by atoms with E-state index in [1.54, 1.807) is 0 Å². The molecule has 0 aliphatic heterocycles. The van der Waals surface area contributed by atoms with Crippen LogP contribution < -0.4 is 0 Å². The molecular formula is C9H14N4O. The summed E-state index contributed by atoms with van der Waals surface area (Å²) < 4.78 is 4.97. The van der Waals surface area contributed by atoms with Gasteiger partial charge in [-0.15, -0.1) is 0 Å². The summed E-state index contributed by atoms with van der Waals surface area (Å²) in [6, 6.07) is 2.04. The van der Waals surface area contributed by atoms with E-state index in [9.17, 15) is 0 Å². The second-order valence-corrected chi connectivity index (χ2v) is 3.32. The van der Waals surface area contributed by atoms with Crippen LogP contribution in [0.25, 0.3) is 0 Å². The lowest BCUT2D eigenvalue weighted by Gasteiger charge is -2.05. The van der Waals surface area contributed by atoms with Gasteiger partial charge in [-0.1, -0.05) is 5.16 Å². The Morgan fingerprint density at radius 1 is 1.43 bits per heavy atom. The summed E-state index contributed by atoms with van der Waals surface area (Å²) in [5, 5.41) is 12.2. The van der Waals surface area contributed by atoms with Gasteiger partial charge in [0.1, 0.15) is 0 Å². The monoisotopic (exact) mass is 194 g/mol. The summed E-state index contributed by atoms with van der Waals surface area (Å²) in [4.78, 5) is 6.22. The van der Waals surface area contributed by atoms with Gasteiger partial charge < -0.3 is 9.42 Å². The van der Waals surface area contributed by atoms with E-state index in [1.807, 2.05) is 20.2 Å². The Morgan fingerprint density at radius 2 is 2.21 bits per heavy atom. The van der Waals surface area contributed by atoms with E-state index in [4.69, 9.17) is 9.78 Å². The van der Waals surface area contributed by atoms with Crippen molar-refractivity contribution in [2.45, 2.75) is 19.3 Å². The van der Waals surface area contributed by atoms with E-state index in [-0.39, 0.29) is 0 Å². The van der Waals surface area contributed by atoms with Gasteiger partial charge in [0.2, 0.25) is 5.89 Å². The molecule has 0 spiro atoms. The molecule has 76 valence electrons. The van der Waals surface area contributed by atoms with Crippen molar-refractivity contribution in [3.05, 3.63) is 11.7 Å². The van der Waals surface area contributed by atoms with E-state index < -0.39 is 0 Å². The Labute approximate surface area is 83.3 Å². The van der Waals surface area contributed by atoms with Crippen LogP contribution in [0.5, 0.6) is 0 Å². The topological polar surface area (TPSA) is 66.0 Å². The number of likely N-dealkylation sites (N-methyl/N-ethyl adjacent to an activating group) is 1. The van der Waals surface area contributed by atoms with E-state index in [2.05, 4.69) is 15.0 Å². The number of hydrogen-bond acceptors (Lipinski definition) is 5. The molecule has 0 unspecified atom stereocenters. The molecule has 5 nitrogen and oxygen atoms in total. The Hall–Kier alpha value is -1.41. The first-order valence-corrected chi connectivity index (χ1v) is 4.55. The highest BCUT2D eigenvalue weighted by Crippen LogP contribution is 2.01. The van der Waals surface area contributed by atoms with Crippen LogP contribution >= 0.6 is 0 Å². The van der Waals surface area contributed by atoms with Gasteiger partial charge in [0.15, 0.2) is 5.82 Å². The fraction of sp³-hybridized carbons (Fsp3) is 0.667. The summed E-state index contributed by atoms with van der Waals surface area (Å²) in [5.74, 6) is 1.27. The predicted molar refractivity (Wildman–Crippen MR) is 50.5 cm³/mol. The van der Waals surface area contributed by atoms with Crippen molar-refractivity contribution in [1.29, 1.82) is 5.26 Å². The maximum atomic E-state index is 8.36. The largest absolute Gasteiger partial charge is 0.339 e. The average Bonchev–Trinajstić information content (AvgIpc) is 2.59. The third-order valence-corrected chi connectivity index (χ3v) is 1.74. The standard InChI is InChI=1S/C9H14N4O/c1-13(2)7-5-8-11-9(14-12-8)4-3-6-10/h3-5,7H2,1-2H3. The minimum Gasteiger partial charge on any atom is -0.339 e. The fourth-order valence-electron chi connectivity index (χ4n) is 0.980. The maximum Gasteiger partial charge on any atom is 0.227 e. The summed E-state index contributed by atoms with van der Waals surface area (Å²) in [5.41, 5.74) is 0. The van der Waals surface area contributed by atoms with Crippen molar-refractivity contribution in [3.63, 3.8) is 0 Å². The molecule has 1 aromatic rings. The molecule has 1 heterocycles. The number of hydrogen-bond donors (Lipinski definition) is 0. The third-order valence-electron chi connectivity index (χ3n) is 1.74. The zero-order chi connectivity index (χ0) is 10.4. The van der Waals surface area contributed by atoms with Crippen LogP contribution in [0.1, 0.15) is 18.1 Å². The van der Waals surface area contributed by atoms with Crippen LogP contribution in [0, 0.1) is 11.3 Å². The van der Waals surface area contributed by atoms with Crippen molar-refractivity contribution in [3.8, 4) is 6.07 Å². The minimum atomic E-state index is 0.426. The first-order chi connectivity index (χ1) is 6.72. The van der Waals surface area contributed by atoms with E-state index in [1.165, 1.54) is 0 Å². The maximum absolute atomic E-state index is 8.36. The van der Waals surface area contributed by atoms with Crippen LogP contribution in [0.2, 0.25) is 0 Å². The summed E-state index contributed by atoms with van der Waals surface area (Å²) in [7, 11) is 3.99. The molecule has 0 saturated carbocycles. The SMILES string of the molecule is CN(C)CCc1noc(CCC#N)n1. The molecule has 5 heteroatoms. The van der Waals surface area contributed by atoms with Crippen molar-refractivity contribution < 1.29 is 4.52 Å². The minimum absolute atomic E-state index is 0.426. The first kappa shape index (κ1) is 10.7. The smallest absolute Gasteiger partial charge is 0.227 e. The molecule has 0 amide bonds. The van der Waals surface area contributed by atoms with Crippen LogP contribution in [0.15, 0.2) is 4.52 Å². The molecule has 0 atom stereocenters. The molecule has 0 aromatic carbocycles. The number of rotatable bonds is 5. The fourth-order valence-corrected chi connectivity index (χ4v) is 0.980. The average molecular weight is 194 g/mol. The molecule has 1 aromatic heterocycles. The Bertz CT molecular complexity index is 313. The van der Waals surface area contributed by atoms with Gasteiger partial charge in [-0.25, -0.2) is 0 Å². The quantitative estimate of drug-likeness (QED) is 0.687. The van der Waals surface area contributed by atoms with Crippen molar-refractivity contribution in [2.24, 2.45) is 0 Å². The normalized spacial score (nSPS) is 10.4. The predicted octanol–water partition coefficient (Wildman–Crippen LogP) is 0.630. The zero-order valence-corrected chi connectivity index (χ0v) is 8.53. The highest BCUT2D eigenvalue weighted by molar-refractivity contribution is 4.89. The van der Waals surface area contributed by atoms with Gasteiger partial charge in [-0.2, -0.15) is 10.2 Å². The number of aromatic nitrogens is 2. The molecule has 0 aliphatic carbocycles. The molecule has 14 heavy (non-hydrogen) atoms. The van der Waals surface area contributed by atoms with Gasteiger partial charge in [0.25, 0.3) is 0 Å². The van der Waals surface area contributed by atoms with Crippen molar-refractivity contribution in [1.82, 2.24) is 15.0 Å². The van der Waals surface area contributed by atoms with Gasteiger partial charge in [-0.05, 0) is 14.1 Å². The summed E-state index contributed by atoms with van der Waals surface area (Å²) >= 11 is 0. The van der Waals surface area contributed by atoms with Crippen LogP contribution in [0.4, 0.5) is 0 Å². The first-order valence-electron chi connectivity index (χ1n) is 4.55. The van der Waals surface area contributed by atoms with E-state index in [0.717, 1.165) is 13.0 Å². The Kier molecular flexibility index (Phi) is 4.08. The van der Waals surface area contributed by atoms with Gasteiger partial charge in [-0.3, -0.25) is 0 Å².